The Bertz CT molecular complexity index is 1360. The Balaban J connectivity index is 1.51. The van der Waals surface area contributed by atoms with Crippen LogP contribution in [-0.2, 0) is 0 Å². The smallest absolute Gasteiger partial charge is 0.344 e. The molecular weight excluding hydrogens is 416 g/mol. The molecule has 0 bridgehead atoms. The molecule has 0 saturated heterocycles. The minimum absolute atomic E-state index is 0.335. The Kier molecular flexibility index (Phi) is 6.45. The van der Waals surface area contributed by atoms with Crippen molar-refractivity contribution in [2.24, 2.45) is 5.10 Å². The summed E-state index contributed by atoms with van der Waals surface area (Å²) >= 11 is 0. The van der Waals surface area contributed by atoms with Crippen molar-refractivity contribution in [1.29, 1.82) is 0 Å². The van der Waals surface area contributed by atoms with Crippen LogP contribution in [0.4, 0.5) is 0 Å². The summed E-state index contributed by atoms with van der Waals surface area (Å²) in [5.41, 5.74) is 4.86. The van der Waals surface area contributed by atoms with E-state index in [1.54, 1.807) is 42.5 Å². The lowest BCUT2D eigenvalue weighted by Gasteiger charge is -2.10. The molecule has 164 valence electrons. The van der Waals surface area contributed by atoms with Gasteiger partial charge in [0.25, 0.3) is 5.91 Å². The second-order valence-corrected chi connectivity index (χ2v) is 7.36. The van der Waals surface area contributed by atoms with E-state index in [1.807, 2.05) is 49.4 Å². The number of nitrogens with zero attached hydrogens (tertiary/aromatic N) is 1. The monoisotopic (exact) mass is 438 g/mol. The van der Waals surface area contributed by atoms with Crippen molar-refractivity contribution in [3.63, 3.8) is 0 Å². The Morgan fingerprint density at radius 3 is 2.45 bits per heavy atom. The van der Waals surface area contributed by atoms with Gasteiger partial charge in [0.1, 0.15) is 11.5 Å². The number of methoxy groups -OCH3 is 1. The zero-order valence-electron chi connectivity index (χ0n) is 18.2. The highest BCUT2D eigenvalue weighted by molar-refractivity contribution is 6.05. The second kappa shape index (κ2) is 9.78. The minimum atomic E-state index is -0.471. The van der Waals surface area contributed by atoms with Crippen LogP contribution in [0.3, 0.4) is 0 Å². The summed E-state index contributed by atoms with van der Waals surface area (Å²) in [5, 5.41) is 5.80. The number of esters is 1. The van der Waals surface area contributed by atoms with Gasteiger partial charge in [0.2, 0.25) is 0 Å². The maximum atomic E-state index is 12.9. The van der Waals surface area contributed by atoms with Gasteiger partial charge in [0.15, 0.2) is 0 Å². The molecule has 1 N–H and O–H groups in total. The average Bonchev–Trinajstić information content (AvgIpc) is 2.84. The number of carbonyl (C=O) groups excluding carboxylic acids is 2. The van der Waals surface area contributed by atoms with Crippen molar-refractivity contribution in [3.05, 3.63) is 107 Å². The van der Waals surface area contributed by atoms with E-state index in [2.05, 4.69) is 10.5 Å². The van der Waals surface area contributed by atoms with E-state index < -0.39 is 11.9 Å². The highest BCUT2D eigenvalue weighted by Gasteiger charge is 2.14. The molecule has 0 fully saturated rings. The molecule has 0 spiro atoms. The number of hydrogen-bond donors (Lipinski definition) is 1. The molecule has 4 aromatic rings. The van der Waals surface area contributed by atoms with Crippen LogP contribution in [0, 0.1) is 6.92 Å². The Morgan fingerprint density at radius 1 is 0.848 bits per heavy atom. The van der Waals surface area contributed by atoms with E-state index >= 15 is 0 Å². The van der Waals surface area contributed by atoms with E-state index in [-0.39, 0.29) is 0 Å². The van der Waals surface area contributed by atoms with Crippen LogP contribution in [0.15, 0.2) is 90.0 Å². The van der Waals surface area contributed by atoms with Crippen molar-refractivity contribution in [2.75, 3.05) is 7.11 Å². The second-order valence-electron chi connectivity index (χ2n) is 7.36. The topological polar surface area (TPSA) is 77.0 Å². The number of hydrogen-bond acceptors (Lipinski definition) is 5. The molecule has 6 heteroatoms. The molecule has 6 nitrogen and oxygen atoms in total. The molecule has 0 aromatic heterocycles. The van der Waals surface area contributed by atoms with Gasteiger partial charge in [-0.3, -0.25) is 4.79 Å². The molecule has 0 radical (unpaired) electrons. The molecule has 0 saturated carbocycles. The minimum Gasteiger partial charge on any atom is -0.496 e. The third-order valence-corrected chi connectivity index (χ3v) is 5.10. The maximum Gasteiger partial charge on any atom is 0.344 e. The molecule has 0 aliphatic heterocycles. The Morgan fingerprint density at radius 2 is 1.61 bits per heavy atom. The van der Waals surface area contributed by atoms with E-state index in [1.165, 1.54) is 13.3 Å². The first kappa shape index (κ1) is 21.8. The lowest BCUT2D eigenvalue weighted by atomic mass is 10.0. The number of hydrazone groups is 1. The van der Waals surface area contributed by atoms with Crippen LogP contribution in [0.25, 0.3) is 10.8 Å². The standard InChI is InChI=1S/C27H22N2O4/c1-18-14-15-23(25(16-18)32-2)26(30)29-28-17-20-9-4-6-13-24(20)33-27(31)22-12-7-10-19-8-3-5-11-21(19)22/h3-17H,1-2H3,(H,29,30)/b28-17-. The quantitative estimate of drug-likeness (QED) is 0.196. The van der Waals surface area contributed by atoms with Crippen LogP contribution in [0.1, 0.15) is 31.8 Å². The highest BCUT2D eigenvalue weighted by atomic mass is 16.5. The summed E-state index contributed by atoms with van der Waals surface area (Å²) in [6, 6.07) is 25.4. The third-order valence-electron chi connectivity index (χ3n) is 5.10. The predicted octanol–water partition coefficient (Wildman–Crippen LogP) is 5.14. The van der Waals surface area contributed by atoms with Gasteiger partial charge in [-0.25, -0.2) is 10.2 Å². The summed E-state index contributed by atoms with van der Waals surface area (Å²) in [4.78, 5) is 25.4. The van der Waals surface area contributed by atoms with Crippen molar-refractivity contribution < 1.29 is 19.1 Å². The molecule has 0 unspecified atom stereocenters. The first-order chi connectivity index (χ1) is 16.1. The van der Waals surface area contributed by atoms with Gasteiger partial charge < -0.3 is 9.47 Å². The summed E-state index contributed by atoms with van der Waals surface area (Å²) in [6.45, 7) is 1.92. The van der Waals surface area contributed by atoms with Gasteiger partial charge >= 0.3 is 5.97 Å². The maximum absolute atomic E-state index is 12.9. The lowest BCUT2D eigenvalue weighted by molar-refractivity contribution is 0.0736. The number of nitrogens with one attached hydrogen (secondary N) is 1. The van der Waals surface area contributed by atoms with Gasteiger partial charge in [-0.05, 0) is 53.6 Å². The molecule has 4 aromatic carbocycles. The van der Waals surface area contributed by atoms with Crippen molar-refractivity contribution in [2.45, 2.75) is 6.92 Å². The number of amides is 1. The summed E-state index contributed by atoms with van der Waals surface area (Å²) in [6.07, 6.45) is 1.43. The Hall–Kier alpha value is -4.45. The highest BCUT2D eigenvalue weighted by Crippen LogP contribution is 2.23. The normalized spacial score (nSPS) is 10.8. The molecule has 1 amide bonds. The predicted molar refractivity (Wildman–Crippen MR) is 128 cm³/mol. The fourth-order valence-corrected chi connectivity index (χ4v) is 3.45. The third kappa shape index (κ3) is 4.91. The molecule has 0 heterocycles. The van der Waals surface area contributed by atoms with Crippen molar-refractivity contribution in [1.82, 2.24) is 5.43 Å². The summed E-state index contributed by atoms with van der Waals surface area (Å²) in [5.74, 6) is -0.0807. The number of carbonyl (C=O) groups is 2. The van der Waals surface area contributed by atoms with Crippen molar-refractivity contribution in [3.8, 4) is 11.5 Å². The molecule has 33 heavy (non-hydrogen) atoms. The fourth-order valence-electron chi connectivity index (χ4n) is 3.45. The number of para-hydroxylation sites is 1. The zero-order chi connectivity index (χ0) is 23.2. The van der Waals surface area contributed by atoms with Gasteiger partial charge in [0.05, 0.1) is 24.5 Å². The molecule has 0 aliphatic rings. The summed E-state index contributed by atoms with van der Waals surface area (Å²) < 4.78 is 10.9. The largest absolute Gasteiger partial charge is 0.496 e. The van der Waals surface area contributed by atoms with Gasteiger partial charge in [-0.2, -0.15) is 5.10 Å². The van der Waals surface area contributed by atoms with E-state index in [0.29, 0.717) is 28.2 Å². The SMILES string of the molecule is COc1cc(C)ccc1C(=O)N/N=C\c1ccccc1OC(=O)c1cccc2ccccc12. The number of rotatable bonds is 6. The number of ether oxygens (including phenoxy) is 2. The van der Waals surface area contributed by atoms with Gasteiger partial charge in [-0.15, -0.1) is 0 Å². The van der Waals surface area contributed by atoms with Crippen LogP contribution in [0.5, 0.6) is 11.5 Å². The zero-order valence-corrected chi connectivity index (χ0v) is 18.2. The number of fused-ring (bicyclic) bond motifs is 1. The number of aryl methyl sites for hydroxylation is 1. The van der Waals surface area contributed by atoms with E-state index in [0.717, 1.165) is 16.3 Å². The van der Waals surface area contributed by atoms with E-state index in [9.17, 15) is 9.59 Å². The Labute approximate surface area is 191 Å². The van der Waals surface area contributed by atoms with Crippen LogP contribution >= 0.6 is 0 Å². The first-order valence-electron chi connectivity index (χ1n) is 10.3. The molecule has 4 rings (SSSR count). The summed E-state index contributed by atoms with van der Waals surface area (Å²) in [7, 11) is 1.51. The van der Waals surface area contributed by atoms with Gasteiger partial charge in [-0.1, -0.05) is 54.6 Å². The van der Waals surface area contributed by atoms with E-state index in [4.69, 9.17) is 9.47 Å². The average molecular weight is 438 g/mol. The van der Waals surface area contributed by atoms with Crippen molar-refractivity contribution >= 4 is 28.9 Å². The molecule has 0 aliphatic carbocycles. The lowest BCUT2D eigenvalue weighted by Crippen LogP contribution is -2.18. The van der Waals surface area contributed by atoms with Crippen LogP contribution in [-0.4, -0.2) is 25.2 Å². The molecular formula is C27H22N2O4. The fraction of sp³-hybridized carbons (Fsp3) is 0.0741. The first-order valence-corrected chi connectivity index (χ1v) is 10.3. The van der Waals surface area contributed by atoms with Crippen LogP contribution in [0.2, 0.25) is 0 Å². The van der Waals surface area contributed by atoms with Gasteiger partial charge in [0, 0.05) is 5.56 Å². The van der Waals surface area contributed by atoms with Crippen LogP contribution < -0.4 is 14.9 Å². The number of benzene rings is 4. The molecule has 0 atom stereocenters.